The van der Waals surface area contributed by atoms with E-state index in [0.29, 0.717) is 49.8 Å². The number of para-hydroxylation sites is 1. The molecule has 216 valence electrons. The van der Waals surface area contributed by atoms with Crippen molar-refractivity contribution in [2.45, 2.75) is 26.0 Å². The van der Waals surface area contributed by atoms with Crippen LogP contribution in [0.1, 0.15) is 13.8 Å². The van der Waals surface area contributed by atoms with E-state index in [9.17, 15) is 9.59 Å². The van der Waals surface area contributed by atoms with Crippen LogP contribution in [0.4, 0.5) is 11.6 Å². The highest BCUT2D eigenvalue weighted by Gasteiger charge is 2.26. The molecule has 3 aromatic carbocycles. The monoisotopic (exact) mass is 583 g/mol. The standard InChI is InChI=1S/C33H33N3O5S/c1-20-19-36(13-16-40-20)21(2)33(38)34-22-9-10-29-27(17-22)25-7-4-6-24(32(25)42-29)23-5-3-8-26-28(37)18-30(41-31(23)26)35-11-14-39-15-12-35/h3-10,17-18,20-21H,11-16,19H2,1-2H3,(H,34,38)/t20?,21-/m0/s1. The second-order valence-electron chi connectivity index (χ2n) is 11.1. The van der Waals surface area contributed by atoms with E-state index in [1.54, 1.807) is 17.4 Å². The highest BCUT2D eigenvalue weighted by molar-refractivity contribution is 7.26. The Kier molecular flexibility index (Phi) is 7.19. The molecule has 0 bridgehead atoms. The summed E-state index contributed by atoms with van der Waals surface area (Å²) in [6, 6.07) is 19.4. The molecule has 0 saturated carbocycles. The molecule has 1 unspecified atom stereocenters. The molecule has 2 aliphatic heterocycles. The molecule has 2 aromatic heterocycles. The minimum absolute atomic E-state index is 0.0227. The molecule has 2 atom stereocenters. The molecule has 9 heteroatoms. The number of rotatable bonds is 5. The average Bonchev–Trinajstić information content (AvgIpc) is 3.39. The maximum atomic E-state index is 13.2. The van der Waals surface area contributed by atoms with Crippen LogP contribution in [-0.2, 0) is 14.3 Å². The molecular formula is C33H33N3O5S. The van der Waals surface area contributed by atoms with Gasteiger partial charge in [0.1, 0.15) is 5.58 Å². The van der Waals surface area contributed by atoms with Crippen molar-refractivity contribution in [2.75, 3.05) is 56.2 Å². The average molecular weight is 584 g/mol. The first-order chi connectivity index (χ1) is 20.5. The zero-order chi connectivity index (χ0) is 28.8. The van der Waals surface area contributed by atoms with Crippen LogP contribution in [0.2, 0.25) is 0 Å². The van der Waals surface area contributed by atoms with Gasteiger partial charge >= 0.3 is 0 Å². The summed E-state index contributed by atoms with van der Waals surface area (Å²) in [6.07, 6.45) is 0.123. The van der Waals surface area contributed by atoms with Gasteiger partial charge in [0.05, 0.1) is 37.4 Å². The number of ether oxygens (including phenoxy) is 2. The normalized spacial score (nSPS) is 19.0. The van der Waals surface area contributed by atoms with Crippen molar-refractivity contribution in [3.8, 4) is 11.1 Å². The lowest BCUT2D eigenvalue weighted by Crippen LogP contribution is -2.50. The molecular weight excluding hydrogens is 550 g/mol. The van der Waals surface area contributed by atoms with Crippen molar-refractivity contribution >= 4 is 60.0 Å². The topological polar surface area (TPSA) is 84.3 Å². The molecule has 0 spiro atoms. The fourth-order valence-corrected chi connectivity index (χ4v) is 7.23. The van der Waals surface area contributed by atoms with Gasteiger partial charge in [-0.05, 0) is 38.1 Å². The summed E-state index contributed by atoms with van der Waals surface area (Å²) >= 11 is 1.70. The van der Waals surface area contributed by atoms with Gasteiger partial charge in [-0.15, -0.1) is 11.3 Å². The number of carbonyl (C=O) groups excluding carboxylic acids is 1. The lowest BCUT2D eigenvalue weighted by molar-refractivity contribution is -0.123. The Hall–Kier alpha value is -3.76. The van der Waals surface area contributed by atoms with Crippen molar-refractivity contribution in [2.24, 2.45) is 0 Å². The van der Waals surface area contributed by atoms with E-state index in [1.807, 2.05) is 44.2 Å². The summed E-state index contributed by atoms with van der Waals surface area (Å²) in [5.41, 5.74) is 3.22. The molecule has 7 rings (SSSR count). The van der Waals surface area contributed by atoms with Crippen LogP contribution in [0.15, 0.2) is 69.9 Å². The van der Waals surface area contributed by atoms with E-state index in [4.69, 9.17) is 13.9 Å². The largest absolute Gasteiger partial charge is 0.440 e. The van der Waals surface area contributed by atoms with Crippen molar-refractivity contribution in [3.05, 3.63) is 70.9 Å². The first-order valence-electron chi connectivity index (χ1n) is 14.5. The Morgan fingerprint density at radius 2 is 1.74 bits per heavy atom. The third-order valence-corrected chi connectivity index (χ3v) is 9.54. The molecule has 2 fully saturated rings. The third-order valence-electron chi connectivity index (χ3n) is 8.32. The SMILES string of the molecule is CC1CN([C@@H](C)C(=O)Nc2ccc3sc4c(-c5cccc6c(=O)cc(N7CCOCC7)oc56)cccc4c3c2)CCO1. The van der Waals surface area contributed by atoms with E-state index >= 15 is 0 Å². The smallest absolute Gasteiger partial charge is 0.241 e. The zero-order valence-electron chi connectivity index (χ0n) is 23.7. The van der Waals surface area contributed by atoms with E-state index in [0.717, 1.165) is 50.1 Å². The van der Waals surface area contributed by atoms with Gasteiger partial charge in [-0.2, -0.15) is 0 Å². The second kappa shape index (κ2) is 11.1. The molecule has 8 nitrogen and oxygen atoms in total. The van der Waals surface area contributed by atoms with Crippen molar-refractivity contribution < 1.29 is 18.7 Å². The van der Waals surface area contributed by atoms with Gasteiger partial charge in [0.15, 0.2) is 11.3 Å². The molecule has 1 N–H and O–H groups in total. The Morgan fingerprint density at radius 1 is 0.952 bits per heavy atom. The van der Waals surface area contributed by atoms with E-state index in [-0.39, 0.29) is 23.5 Å². The van der Waals surface area contributed by atoms with Crippen LogP contribution in [0.3, 0.4) is 0 Å². The predicted octanol–water partition coefficient (Wildman–Crippen LogP) is 5.71. The Morgan fingerprint density at radius 3 is 2.55 bits per heavy atom. The van der Waals surface area contributed by atoms with Crippen LogP contribution in [0.5, 0.6) is 0 Å². The number of nitrogens with one attached hydrogen (secondary N) is 1. The highest BCUT2D eigenvalue weighted by Crippen LogP contribution is 2.42. The van der Waals surface area contributed by atoms with Crippen LogP contribution in [-0.4, -0.2) is 69.0 Å². The molecule has 5 aromatic rings. The minimum atomic E-state index is -0.249. The number of thiophene rings is 1. The minimum Gasteiger partial charge on any atom is -0.440 e. The van der Waals surface area contributed by atoms with E-state index in [2.05, 4.69) is 39.4 Å². The van der Waals surface area contributed by atoms with Crippen LogP contribution < -0.4 is 15.6 Å². The Labute approximate surface area is 247 Å². The van der Waals surface area contributed by atoms with Crippen molar-refractivity contribution in [1.29, 1.82) is 0 Å². The quantitative estimate of drug-likeness (QED) is 0.284. The van der Waals surface area contributed by atoms with Crippen LogP contribution >= 0.6 is 11.3 Å². The first-order valence-corrected chi connectivity index (χ1v) is 15.3. The summed E-state index contributed by atoms with van der Waals surface area (Å²) in [5.74, 6) is 0.554. The van der Waals surface area contributed by atoms with E-state index < -0.39 is 0 Å². The fraction of sp³-hybridized carbons (Fsp3) is 0.333. The molecule has 2 aliphatic rings. The highest BCUT2D eigenvalue weighted by atomic mass is 32.1. The summed E-state index contributed by atoms with van der Waals surface area (Å²) in [6.45, 7) is 8.71. The molecule has 42 heavy (non-hydrogen) atoms. The molecule has 0 aliphatic carbocycles. The maximum Gasteiger partial charge on any atom is 0.241 e. The molecule has 1 amide bonds. The molecule has 2 saturated heterocycles. The number of fused-ring (bicyclic) bond motifs is 4. The number of amides is 1. The number of hydrogen-bond acceptors (Lipinski definition) is 8. The number of benzene rings is 3. The lowest BCUT2D eigenvalue weighted by atomic mass is 10.0. The number of morpholine rings is 2. The molecule has 0 radical (unpaired) electrons. The van der Waals surface area contributed by atoms with Crippen molar-refractivity contribution in [1.82, 2.24) is 4.90 Å². The maximum absolute atomic E-state index is 13.2. The van der Waals surface area contributed by atoms with Gasteiger partial charge in [-0.3, -0.25) is 14.5 Å². The second-order valence-corrected chi connectivity index (χ2v) is 12.1. The number of hydrogen-bond donors (Lipinski definition) is 1. The first kappa shape index (κ1) is 27.1. The van der Waals surface area contributed by atoms with Gasteiger partial charge in [0, 0.05) is 69.2 Å². The van der Waals surface area contributed by atoms with Crippen LogP contribution in [0, 0.1) is 0 Å². The van der Waals surface area contributed by atoms with Gasteiger partial charge in [0.2, 0.25) is 5.91 Å². The summed E-state index contributed by atoms with van der Waals surface area (Å²) in [7, 11) is 0. The van der Waals surface area contributed by atoms with Gasteiger partial charge < -0.3 is 24.1 Å². The summed E-state index contributed by atoms with van der Waals surface area (Å²) < 4.78 is 19.8. The zero-order valence-corrected chi connectivity index (χ0v) is 24.5. The van der Waals surface area contributed by atoms with E-state index in [1.165, 1.54) is 0 Å². The molecule has 4 heterocycles. The number of nitrogens with zero attached hydrogens (tertiary/aromatic N) is 2. The number of carbonyl (C=O) groups is 1. The predicted molar refractivity (Wildman–Crippen MR) is 169 cm³/mol. The van der Waals surface area contributed by atoms with Gasteiger partial charge in [0.25, 0.3) is 0 Å². The lowest BCUT2D eigenvalue weighted by Gasteiger charge is -2.34. The van der Waals surface area contributed by atoms with Gasteiger partial charge in [-0.25, -0.2) is 0 Å². The third kappa shape index (κ3) is 4.96. The van der Waals surface area contributed by atoms with Crippen molar-refractivity contribution in [3.63, 3.8) is 0 Å². The van der Waals surface area contributed by atoms with Gasteiger partial charge in [-0.1, -0.05) is 30.3 Å². The van der Waals surface area contributed by atoms with Crippen LogP contribution in [0.25, 0.3) is 42.3 Å². The Bertz CT molecular complexity index is 1860. The fourth-order valence-electron chi connectivity index (χ4n) is 6.01. The number of anilines is 2. The summed E-state index contributed by atoms with van der Waals surface area (Å²) in [4.78, 5) is 30.5. The summed E-state index contributed by atoms with van der Waals surface area (Å²) in [5, 5.41) is 5.88. The Balaban J connectivity index is 1.26.